The molecule has 0 aliphatic carbocycles. The molecule has 0 aromatic heterocycles. The van der Waals surface area contributed by atoms with Crippen molar-refractivity contribution in [2.75, 3.05) is 0 Å². The molecule has 0 spiro atoms. The molecule has 0 nitrogen and oxygen atoms in total. The minimum atomic E-state index is 0.440. The van der Waals surface area contributed by atoms with E-state index in [2.05, 4.69) is 47.6 Å². The van der Waals surface area contributed by atoms with Gasteiger partial charge >= 0.3 is 0 Å². The van der Waals surface area contributed by atoms with Gasteiger partial charge in [-0.25, -0.2) is 0 Å². The summed E-state index contributed by atoms with van der Waals surface area (Å²) in [6.07, 6.45) is 3.36. The summed E-state index contributed by atoms with van der Waals surface area (Å²) in [5.74, 6) is 0.440. The van der Waals surface area contributed by atoms with Crippen molar-refractivity contribution in [3.8, 4) is 0 Å². The van der Waals surface area contributed by atoms with Crippen molar-refractivity contribution in [3.63, 3.8) is 0 Å². The largest absolute Gasteiger partial charge is 0.0813 e. The fraction of sp³-hybridized carbons (Fsp3) is 0.583. The Morgan fingerprint density at radius 1 is 1.25 bits per heavy atom. The molecule has 0 rings (SSSR count). The third kappa shape index (κ3) is 4.38. The van der Waals surface area contributed by atoms with Gasteiger partial charge in [-0.2, -0.15) is 0 Å². The molecule has 1 unspecified atom stereocenters. The van der Waals surface area contributed by atoms with Gasteiger partial charge in [0, 0.05) is 0 Å². The van der Waals surface area contributed by atoms with Crippen molar-refractivity contribution in [2.45, 2.75) is 41.0 Å². The first-order chi connectivity index (χ1) is 5.45. The summed E-state index contributed by atoms with van der Waals surface area (Å²) in [5.41, 5.74) is 4.28. The molecule has 1 atom stereocenters. The van der Waals surface area contributed by atoms with E-state index in [0.717, 1.165) is 6.42 Å². The van der Waals surface area contributed by atoms with Crippen LogP contribution in [-0.4, -0.2) is 0 Å². The van der Waals surface area contributed by atoms with E-state index in [1.165, 1.54) is 16.7 Å². The molecule has 0 aliphatic rings. The maximum absolute atomic E-state index is 3.98. The standard InChI is InChI=1S/C12H21/c1-9(2)11(5)7-8-12(6)10(3)4/h7,9H,1,8H2,2-6H3. The molecular weight excluding hydrogens is 144 g/mol. The summed E-state index contributed by atoms with van der Waals surface area (Å²) in [4.78, 5) is 0. The van der Waals surface area contributed by atoms with Crippen LogP contribution in [0, 0.1) is 12.8 Å². The second-order valence-electron chi connectivity index (χ2n) is 3.83. The molecule has 0 heterocycles. The average Bonchev–Trinajstić information content (AvgIpc) is 1.98. The van der Waals surface area contributed by atoms with E-state index in [0.29, 0.717) is 5.92 Å². The van der Waals surface area contributed by atoms with Gasteiger partial charge in [0.25, 0.3) is 0 Å². The van der Waals surface area contributed by atoms with Crippen LogP contribution in [0.5, 0.6) is 0 Å². The lowest BCUT2D eigenvalue weighted by Gasteiger charge is -2.05. The maximum Gasteiger partial charge on any atom is -0.0136 e. The Labute approximate surface area is 77.4 Å². The van der Waals surface area contributed by atoms with E-state index in [-0.39, 0.29) is 0 Å². The highest BCUT2D eigenvalue weighted by atomic mass is 14.0. The van der Waals surface area contributed by atoms with Crippen LogP contribution < -0.4 is 0 Å². The SMILES string of the molecule is [CH2]C(C)C(C)=CCC(C)=C(C)C. The highest BCUT2D eigenvalue weighted by molar-refractivity contribution is 5.14. The molecule has 1 radical (unpaired) electrons. The van der Waals surface area contributed by atoms with Gasteiger partial charge in [0.1, 0.15) is 0 Å². The second kappa shape index (κ2) is 5.18. The summed E-state index contributed by atoms with van der Waals surface area (Å²) in [5, 5.41) is 0. The molecule has 12 heavy (non-hydrogen) atoms. The fourth-order valence-electron chi connectivity index (χ4n) is 0.719. The highest BCUT2D eigenvalue weighted by Gasteiger charge is 1.96. The molecule has 0 heteroatoms. The zero-order chi connectivity index (χ0) is 9.72. The average molecular weight is 165 g/mol. The summed E-state index contributed by atoms with van der Waals surface area (Å²) >= 11 is 0. The van der Waals surface area contributed by atoms with E-state index >= 15 is 0 Å². The Hall–Kier alpha value is -0.520. The fourth-order valence-corrected chi connectivity index (χ4v) is 0.719. The molecule has 0 bridgehead atoms. The molecule has 0 amide bonds. The van der Waals surface area contributed by atoms with Gasteiger partial charge < -0.3 is 0 Å². The predicted molar refractivity (Wildman–Crippen MR) is 56.9 cm³/mol. The molecule has 0 aromatic rings. The van der Waals surface area contributed by atoms with Gasteiger partial charge in [-0.1, -0.05) is 29.7 Å². The molecule has 0 fully saturated rings. The monoisotopic (exact) mass is 165 g/mol. The Morgan fingerprint density at radius 3 is 2.08 bits per heavy atom. The zero-order valence-corrected chi connectivity index (χ0v) is 9.07. The lowest BCUT2D eigenvalue weighted by Crippen LogP contribution is -1.89. The summed E-state index contributed by atoms with van der Waals surface area (Å²) in [6.45, 7) is 14.8. The van der Waals surface area contributed by atoms with E-state index in [9.17, 15) is 0 Å². The van der Waals surface area contributed by atoms with Crippen LogP contribution in [0.1, 0.15) is 41.0 Å². The Balaban J connectivity index is 4.15. The number of hydrogen-bond acceptors (Lipinski definition) is 0. The normalized spacial score (nSPS) is 12.1. The van der Waals surface area contributed by atoms with Crippen molar-refractivity contribution < 1.29 is 0 Å². The topological polar surface area (TPSA) is 0 Å². The number of allylic oxidation sites excluding steroid dienone is 4. The summed E-state index contributed by atoms with van der Waals surface area (Å²) < 4.78 is 0. The number of rotatable bonds is 3. The minimum Gasteiger partial charge on any atom is -0.0813 e. The zero-order valence-electron chi connectivity index (χ0n) is 9.07. The second-order valence-corrected chi connectivity index (χ2v) is 3.83. The molecule has 0 aliphatic heterocycles. The molecule has 0 aromatic carbocycles. The van der Waals surface area contributed by atoms with Gasteiger partial charge in [-0.15, -0.1) is 0 Å². The first kappa shape index (κ1) is 11.5. The minimum absolute atomic E-state index is 0.440. The molecule has 0 saturated carbocycles. The Morgan fingerprint density at radius 2 is 1.75 bits per heavy atom. The molecule has 0 N–H and O–H groups in total. The van der Waals surface area contributed by atoms with Gasteiger partial charge in [-0.05, 0) is 47.0 Å². The number of hydrogen-bond donors (Lipinski definition) is 0. The van der Waals surface area contributed by atoms with Crippen LogP contribution in [-0.2, 0) is 0 Å². The van der Waals surface area contributed by atoms with E-state index < -0.39 is 0 Å². The van der Waals surface area contributed by atoms with Crippen LogP contribution in [0.3, 0.4) is 0 Å². The van der Waals surface area contributed by atoms with E-state index in [1.54, 1.807) is 0 Å². The third-order valence-electron chi connectivity index (χ3n) is 2.36. The first-order valence-corrected chi connectivity index (χ1v) is 4.57. The van der Waals surface area contributed by atoms with Crippen LogP contribution in [0.4, 0.5) is 0 Å². The molecule has 69 valence electrons. The van der Waals surface area contributed by atoms with Crippen molar-refractivity contribution in [1.29, 1.82) is 0 Å². The van der Waals surface area contributed by atoms with Crippen molar-refractivity contribution in [3.05, 3.63) is 29.7 Å². The van der Waals surface area contributed by atoms with Crippen LogP contribution in [0.15, 0.2) is 22.8 Å². The van der Waals surface area contributed by atoms with Gasteiger partial charge in [0.2, 0.25) is 0 Å². The van der Waals surface area contributed by atoms with Crippen molar-refractivity contribution in [2.24, 2.45) is 5.92 Å². The van der Waals surface area contributed by atoms with Crippen LogP contribution in [0.2, 0.25) is 0 Å². The van der Waals surface area contributed by atoms with E-state index in [4.69, 9.17) is 0 Å². The lowest BCUT2D eigenvalue weighted by atomic mass is 10.0. The van der Waals surface area contributed by atoms with Crippen molar-refractivity contribution >= 4 is 0 Å². The van der Waals surface area contributed by atoms with Crippen molar-refractivity contribution in [1.82, 2.24) is 0 Å². The smallest absolute Gasteiger partial charge is 0.0136 e. The maximum atomic E-state index is 3.98. The van der Waals surface area contributed by atoms with Crippen LogP contribution in [0.25, 0.3) is 0 Å². The predicted octanol–water partition coefficient (Wildman–Crippen LogP) is 4.15. The summed E-state index contributed by atoms with van der Waals surface area (Å²) in [7, 11) is 0. The first-order valence-electron chi connectivity index (χ1n) is 4.57. The van der Waals surface area contributed by atoms with Crippen LogP contribution >= 0.6 is 0 Å². The molecular formula is C12H21. The van der Waals surface area contributed by atoms with E-state index in [1.807, 2.05) is 0 Å². The summed E-state index contributed by atoms with van der Waals surface area (Å²) in [6, 6.07) is 0. The highest BCUT2D eigenvalue weighted by Crippen LogP contribution is 2.13. The Bertz CT molecular complexity index is 188. The third-order valence-corrected chi connectivity index (χ3v) is 2.36. The van der Waals surface area contributed by atoms with Gasteiger partial charge in [0.05, 0.1) is 0 Å². The van der Waals surface area contributed by atoms with Gasteiger partial charge in [-0.3, -0.25) is 0 Å². The Kier molecular flexibility index (Phi) is 4.96. The van der Waals surface area contributed by atoms with Gasteiger partial charge in [0.15, 0.2) is 0 Å². The lowest BCUT2D eigenvalue weighted by molar-refractivity contribution is 0.848. The quantitative estimate of drug-likeness (QED) is 0.551. The molecule has 0 saturated heterocycles.